The maximum Gasteiger partial charge on any atom is 0.216 e. The first-order valence-corrected chi connectivity index (χ1v) is 13.9. The van der Waals surface area contributed by atoms with Gasteiger partial charge in [-0.15, -0.1) is 0 Å². The van der Waals surface area contributed by atoms with Crippen LogP contribution >= 0.6 is 0 Å². The lowest BCUT2D eigenvalue weighted by atomic mass is 9.60. The minimum atomic E-state index is -0.406. The van der Waals surface area contributed by atoms with E-state index in [1.165, 1.54) is 40.5 Å². The molecule has 2 aromatic heterocycles. The molecule has 3 saturated carbocycles. The van der Waals surface area contributed by atoms with Crippen LogP contribution in [0.15, 0.2) is 95.5 Å². The van der Waals surface area contributed by atoms with Crippen LogP contribution in [0.1, 0.15) is 44.1 Å². The molecule has 0 amide bonds. The van der Waals surface area contributed by atoms with Gasteiger partial charge in [0.25, 0.3) is 0 Å². The molecule has 0 radical (unpaired) electrons. The van der Waals surface area contributed by atoms with Gasteiger partial charge in [-0.05, 0) is 84.0 Å². The molecule has 2 bridgehead atoms. The van der Waals surface area contributed by atoms with Crippen molar-refractivity contribution in [2.45, 2.75) is 38.5 Å². The highest BCUT2D eigenvalue weighted by Crippen LogP contribution is 2.51. The number of pyridine rings is 1. The molecule has 38 heavy (non-hydrogen) atoms. The second-order valence-corrected chi connectivity index (χ2v) is 11.6. The molecule has 2 heteroatoms. The molecule has 0 saturated heterocycles. The van der Waals surface area contributed by atoms with Crippen molar-refractivity contribution in [3.63, 3.8) is 0 Å². The van der Waals surface area contributed by atoms with Crippen LogP contribution < -0.4 is 4.57 Å². The van der Waals surface area contributed by atoms with Gasteiger partial charge in [0.1, 0.15) is 18.2 Å². The summed E-state index contributed by atoms with van der Waals surface area (Å²) in [7, 11) is 2.11. The van der Waals surface area contributed by atoms with Gasteiger partial charge in [-0.2, -0.15) is 0 Å². The molecule has 2 heterocycles. The molecule has 0 spiro atoms. The van der Waals surface area contributed by atoms with E-state index in [0.29, 0.717) is 0 Å². The van der Waals surface area contributed by atoms with Crippen LogP contribution in [0.4, 0.5) is 0 Å². The van der Waals surface area contributed by atoms with Crippen LogP contribution in [-0.4, -0.2) is 0 Å². The summed E-state index contributed by atoms with van der Waals surface area (Å²) in [5, 5.41) is 4.65. The van der Waals surface area contributed by atoms with E-state index in [4.69, 9.17) is 5.79 Å². The molecule has 0 unspecified atom stereocenters. The molecule has 3 fully saturated rings. The van der Waals surface area contributed by atoms with Crippen molar-refractivity contribution in [3.05, 3.63) is 102 Å². The fourth-order valence-electron chi connectivity index (χ4n) is 7.10. The number of benzene rings is 4. The second-order valence-electron chi connectivity index (χ2n) is 11.6. The SMILES string of the molecule is [2H]C1(c2ccc(-c3cc[n+](C)c(-c4c(C)ccc5c4oc4c6ccccc6ccc54)c3)cc2)CC2CC(C2)C1. The first-order valence-electron chi connectivity index (χ1n) is 14.4. The number of aromatic nitrogens is 1. The van der Waals surface area contributed by atoms with Crippen LogP contribution in [0, 0.1) is 18.8 Å². The molecule has 9 rings (SSSR count). The van der Waals surface area contributed by atoms with Crippen molar-refractivity contribution in [1.82, 2.24) is 0 Å². The van der Waals surface area contributed by atoms with Gasteiger partial charge in [0.15, 0.2) is 6.20 Å². The predicted molar refractivity (Wildman–Crippen MR) is 156 cm³/mol. The molecule has 186 valence electrons. The van der Waals surface area contributed by atoms with Gasteiger partial charge >= 0.3 is 0 Å². The summed E-state index contributed by atoms with van der Waals surface area (Å²) >= 11 is 0. The average Bonchev–Trinajstić information content (AvgIpc) is 3.32. The third kappa shape index (κ3) is 3.36. The summed E-state index contributed by atoms with van der Waals surface area (Å²) in [6, 6.07) is 30.5. The lowest BCUT2D eigenvalue weighted by Crippen LogP contribution is -2.32. The van der Waals surface area contributed by atoms with E-state index in [-0.39, 0.29) is 0 Å². The Labute approximate surface area is 224 Å². The Balaban J connectivity index is 1.24. The highest BCUT2D eigenvalue weighted by Gasteiger charge is 2.38. The topological polar surface area (TPSA) is 17.0 Å². The largest absolute Gasteiger partial charge is 0.454 e. The van der Waals surface area contributed by atoms with E-state index in [2.05, 4.69) is 110 Å². The van der Waals surface area contributed by atoms with Gasteiger partial charge in [-0.1, -0.05) is 66.7 Å². The Morgan fingerprint density at radius 1 is 0.737 bits per heavy atom. The average molecular weight is 496 g/mol. The summed E-state index contributed by atoms with van der Waals surface area (Å²) in [5.41, 5.74) is 8.90. The van der Waals surface area contributed by atoms with E-state index in [1.54, 1.807) is 0 Å². The standard InChI is InChI=1S/C36H32NO/c1-22-7-13-32-31-14-12-27-5-3-4-6-30(27)35(31)38-36(32)34(22)33-21-28(15-16-37(33)2)25-8-10-26(11-9-25)29-19-23-17-24(18-23)20-29/h3-16,21,23-24,29H,17-20H2,1-2H3/q+1/i29D. The molecule has 3 aliphatic carbocycles. The normalized spacial score (nSPS) is 23.1. The molecule has 6 aromatic rings. The fraction of sp³-hybridized carbons (Fsp3) is 0.250. The van der Waals surface area contributed by atoms with E-state index in [9.17, 15) is 0 Å². The van der Waals surface area contributed by atoms with E-state index in [1.807, 2.05) is 0 Å². The zero-order chi connectivity index (χ0) is 26.3. The van der Waals surface area contributed by atoms with Crippen LogP contribution in [0.5, 0.6) is 0 Å². The van der Waals surface area contributed by atoms with Crippen LogP contribution in [-0.2, 0) is 7.05 Å². The van der Waals surface area contributed by atoms with Crippen molar-refractivity contribution in [2.75, 3.05) is 0 Å². The number of hydrogen-bond acceptors (Lipinski definition) is 1. The highest BCUT2D eigenvalue weighted by atomic mass is 16.3. The Kier molecular flexibility index (Phi) is 4.60. The third-order valence-corrected chi connectivity index (χ3v) is 9.18. The summed E-state index contributed by atoms with van der Waals surface area (Å²) < 4.78 is 18.1. The predicted octanol–water partition coefficient (Wildman–Crippen LogP) is 9.11. The zero-order valence-corrected chi connectivity index (χ0v) is 22.0. The van der Waals surface area contributed by atoms with Crippen LogP contribution in [0.2, 0.25) is 0 Å². The Bertz CT molecular complexity index is 1900. The van der Waals surface area contributed by atoms with Crippen molar-refractivity contribution >= 4 is 32.7 Å². The molecule has 0 atom stereocenters. The summed E-state index contributed by atoms with van der Waals surface area (Å²) in [5.74, 6) is 1.12. The minimum Gasteiger partial charge on any atom is -0.454 e. The van der Waals surface area contributed by atoms with Crippen molar-refractivity contribution in [1.29, 1.82) is 0 Å². The van der Waals surface area contributed by atoms with Gasteiger partial charge in [0, 0.05) is 29.7 Å². The Morgan fingerprint density at radius 2 is 1.47 bits per heavy atom. The van der Waals surface area contributed by atoms with Crippen molar-refractivity contribution in [3.8, 4) is 22.4 Å². The van der Waals surface area contributed by atoms with E-state index < -0.39 is 5.89 Å². The molecular formula is C36H32NO+. The van der Waals surface area contributed by atoms with E-state index in [0.717, 1.165) is 63.3 Å². The Morgan fingerprint density at radius 3 is 2.29 bits per heavy atom. The number of fused-ring (bicyclic) bond motifs is 7. The molecule has 2 nitrogen and oxygen atoms in total. The molecule has 3 aliphatic rings. The third-order valence-electron chi connectivity index (χ3n) is 9.18. The molecule has 0 N–H and O–H groups in total. The molecular weight excluding hydrogens is 462 g/mol. The number of aryl methyl sites for hydroxylation is 2. The lowest BCUT2D eigenvalue weighted by molar-refractivity contribution is -0.660. The summed E-state index contributed by atoms with van der Waals surface area (Å²) in [6.45, 7) is 2.17. The fourth-order valence-corrected chi connectivity index (χ4v) is 7.10. The van der Waals surface area contributed by atoms with Gasteiger partial charge in [-0.25, -0.2) is 4.57 Å². The van der Waals surface area contributed by atoms with Gasteiger partial charge in [0.05, 0.1) is 5.56 Å². The summed E-state index contributed by atoms with van der Waals surface area (Å²) in [4.78, 5) is 0. The smallest absolute Gasteiger partial charge is 0.216 e. The van der Waals surface area contributed by atoms with Gasteiger partial charge in [-0.3, -0.25) is 0 Å². The lowest BCUT2D eigenvalue weighted by Gasteiger charge is -2.45. The molecule has 4 aromatic carbocycles. The molecule has 0 aliphatic heterocycles. The van der Waals surface area contributed by atoms with Crippen molar-refractivity contribution in [2.24, 2.45) is 18.9 Å². The summed E-state index contributed by atoms with van der Waals surface area (Å²) in [6.07, 6.45) is 6.87. The number of rotatable bonds is 3. The monoisotopic (exact) mass is 495 g/mol. The van der Waals surface area contributed by atoms with Crippen LogP contribution in [0.3, 0.4) is 0 Å². The highest BCUT2D eigenvalue weighted by molar-refractivity contribution is 6.17. The van der Waals surface area contributed by atoms with Crippen molar-refractivity contribution < 1.29 is 10.4 Å². The van der Waals surface area contributed by atoms with Crippen LogP contribution in [0.25, 0.3) is 55.1 Å². The number of furan rings is 1. The first-order chi connectivity index (χ1) is 19.0. The van der Waals surface area contributed by atoms with Gasteiger partial charge < -0.3 is 4.42 Å². The first kappa shape index (κ1) is 21.1. The van der Waals surface area contributed by atoms with Gasteiger partial charge in [0.2, 0.25) is 5.69 Å². The maximum absolute atomic E-state index is 9.15. The second kappa shape index (κ2) is 8.30. The zero-order valence-electron chi connectivity index (χ0n) is 23.0. The van der Waals surface area contributed by atoms with E-state index >= 15 is 0 Å². The minimum absolute atomic E-state index is 0.406. The maximum atomic E-state index is 9.15. The quantitative estimate of drug-likeness (QED) is 0.224. The number of nitrogens with zero attached hydrogens (tertiary/aromatic N) is 1. The Hall–Kier alpha value is -3.91. The number of hydrogen-bond donors (Lipinski definition) is 0.